The second-order valence-corrected chi connectivity index (χ2v) is 3.36. The number of halogens is 3. The van der Waals surface area contributed by atoms with Gasteiger partial charge in [-0.25, -0.2) is 0 Å². The van der Waals surface area contributed by atoms with Gasteiger partial charge in [0.2, 0.25) is 0 Å². The molecule has 0 unspecified atom stereocenters. The molecule has 1 nitrogen and oxygen atoms in total. The van der Waals surface area contributed by atoms with Crippen molar-refractivity contribution in [1.29, 1.82) is 0 Å². The van der Waals surface area contributed by atoms with Gasteiger partial charge in [-0.2, -0.15) is 0 Å². The molecule has 12 heavy (non-hydrogen) atoms. The van der Waals surface area contributed by atoms with Crippen LogP contribution in [0.25, 0.3) is 0 Å². The molecule has 0 saturated heterocycles. The minimum atomic E-state index is 0. The second-order valence-electron chi connectivity index (χ2n) is 2.13. The summed E-state index contributed by atoms with van der Waals surface area (Å²) in [5.74, 6) is 0. The molecular weight excluding hydrogens is 261 g/mol. The summed E-state index contributed by atoms with van der Waals surface area (Å²) in [6.07, 6.45) is 0. The lowest BCUT2D eigenvalue weighted by Gasteiger charge is -2.02. The van der Waals surface area contributed by atoms with Gasteiger partial charge in [0.15, 0.2) is 0 Å². The third-order valence-corrected chi connectivity index (χ3v) is 1.88. The van der Waals surface area contributed by atoms with Crippen molar-refractivity contribution < 1.29 is 0 Å². The maximum atomic E-state index is 5.77. The minimum Gasteiger partial charge on any atom is -0.384 e. The number of hydrogen-bond donors (Lipinski definition) is 1. The summed E-state index contributed by atoms with van der Waals surface area (Å²) in [5.41, 5.74) is 1.07. The molecule has 1 aromatic rings. The number of benzene rings is 1. The number of hydrogen-bond acceptors (Lipinski definition) is 1. The Morgan fingerprint density at radius 2 is 2.17 bits per heavy atom. The van der Waals surface area contributed by atoms with Crippen LogP contribution in [-0.4, -0.2) is 11.9 Å². The molecule has 0 aromatic heterocycles. The van der Waals surface area contributed by atoms with Crippen LogP contribution in [0, 0.1) is 0 Å². The molecule has 0 spiro atoms. The van der Waals surface area contributed by atoms with Gasteiger partial charge in [0.1, 0.15) is 0 Å². The van der Waals surface area contributed by atoms with Crippen molar-refractivity contribution in [3.63, 3.8) is 0 Å². The summed E-state index contributed by atoms with van der Waals surface area (Å²) in [4.78, 5) is 0. The molecule has 0 atom stereocenters. The summed E-state index contributed by atoms with van der Waals surface area (Å²) in [5, 5.41) is 4.92. The summed E-state index contributed by atoms with van der Waals surface area (Å²) in [6, 6.07) is 7.69. The Hall–Kier alpha value is 0.0800. The molecule has 68 valence electrons. The van der Waals surface area contributed by atoms with E-state index in [2.05, 4.69) is 21.2 Å². The van der Waals surface area contributed by atoms with Gasteiger partial charge in [-0.15, -0.1) is 12.4 Å². The molecule has 0 heterocycles. The zero-order valence-electron chi connectivity index (χ0n) is 6.39. The highest BCUT2D eigenvalue weighted by Gasteiger charge is 1.90. The maximum absolute atomic E-state index is 5.77. The molecule has 1 N–H and O–H groups in total. The van der Waals surface area contributed by atoms with Crippen molar-refractivity contribution in [3.8, 4) is 0 Å². The van der Waals surface area contributed by atoms with Gasteiger partial charge in [0.25, 0.3) is 0 Å². The molecule has 0 fully saturated rings. The van der Waals surface area contributed by atoms with Gasteiger partial charge in [-0.1, -0.05) is 33.6 Å². The lowest BCUT2D eigenvalue weighted by molar-refractivity contribution is 1.24. The summed E-state index contributed by atoms with van der Waals surface area (Å²) >= 11 is 9.10. The molecule has 4 heteroatoms. The van der Waals surface area contributed by atoms with E-state index < -0.39 is 0 Å². The molecular formula is C8H10BrCl2N. The van der Waals surface area contributed by atoms with Crippen molar-refractivity contribution in [2.75, 3.05) is 17.2 Å². The smallest absolute Gasteiger partial charge is 0.0426 e. The lowest BCUT2D eigenvalue weighted by atomic mass is 10.3. The lowest BCUT2D eigenvalue weighted by Crippen LogP contribution is -2.01. The van der Waals surface area contributed by atoms with Crippen molar-refractivity contribution in [3.05, 3.63) is 29.3 Å². The summed E-state index contributed by atoms with van der Waals surface area (Å²) in [7, 11) is 0. The highest BCUT2D eigenvalue weighted by atomic mass is 79.9. The van der Waals surface area contributed by atoms with Crippen molar-refractivity contribution >= 4 is 45.6 Å². The Morgan fingerprint density at radius 3 is 2.75 bits per heavy atom. The fraction of sp³-hybridized carbons (Fsp3) is 0.250. The normalized spacial score (nSPS) is 8.83. The van der Waals surface area contributed by atoms with Crippen LogP contribution in [0.1, 0.15) is 0 Å². The van der Waals surface area contributed by atoms with Gasteiger partial charge in [-0.3, -0.25) is 0 Å². The summed E-state index contributed by atoms with van der Waals surface area (Å²) in [6.45, 7) is 0.917. The van der Waals surface area contributed by atoms with E-state index in [4.69, 9.17) is 11.6 Å². The van der Waals surface area contributed by atoms with E-state index >= 15 is 0 Å². The first-order valence-corrected chi connectivity index (χ1v) is 4.88. The van der Waals surface area contributed by atoms with Gasteiger partial charge < -0.3 is 5.32 Å². The first-order chi connectivity index (χ1) is 5.33. The van der Waals surface area contributed by atoms with Crippen LogP contribution in [0.15, 0.2) is 24.3 Å². The van der Waals surface area contributed by atoms with Gasteiger partial charge in [-0.05, 0) is 18.2 Å². The zero-order chi connectivity index (χ0) is 8.10. The summed E-state index contributed by atoms with van der Waals surface area (Å²) < 4.78 is 0. The largest absolute Gasteiger partial charge is 0.384 e. The quantitative estimate of drug-likeness (QED) is 0.828. The molecule has 0 aliphatic carbocycles. The first kappa shape index (κ1) is 12.1. The Balaban J connectivity index is 0.00000121. The third-order valence-electron chi connectivity index (χ3n) is 1.25. The van der Waals surface area contributed by atoms with E-state index in [-0.39, 0.29) is 12.4 Å². The highest BCUT2D eigenvalue weighted by molar-refractivity contribution is 9.09. The molecule has 1 rings (SSSR count). The maximum Gasteiger partial charge on any atom is 0.0426 e. The van der Waals surface area contributed by atoms with E-state index in [0.717, 1.165) is 22.6 Å². The average Bonchev–Trinajstić information content (AvgIpc) is 2.01. The van der Waals surface area contributed by atoms with Gasteiger partial charge in [0, 0.05) is 22.6 Å². The molecule has 0 bridgehead atoms. The van der Waals surface area contributed by atoms with Gasteiger partial charge >= 0.3 is 0 Å². The van der Waals surface area contributed by atoms with Gasteiger partial charge in [0.05, 0.1) is 0 Å². The molecule has 0 radical (unpaired) electrons. The molecule has 0 saturated carbocycles. The van der Waals surface area contributed by atoms with Crippen LogP contribution in [0.5, 0.6) is 0 Å². The minimum absolute atomic E-state index is 0. The third kappa shape index (κ3) is 4.19. The molecule has 1 aromatic carbocycles. The first-order valence-electron chi connectivity index (χ1n) is 3.38. The van der Waals surface area contributed by atoms with E-state index in [1.165, 1.54) is 0 Å². The fourth-order valence-corrected chi connectivity index (χ4v) is 1.18. The second kappa shape index (κ2) is 6.58. The van der Waals surface area contributed by atoms with Crippen LogP contribution < -0.4 is 5.32 Å². The van der Waals surface area contributed by atoms with Crippen LogP contribution in [0.4, 0.5) is 5.69 Å². The Labute approximate surface area is 92.0 Å². The number of anilines is 1. The van der Waals surface area contributed by atoms with Crippen LogP contribution in [0.3, 0.4) is 0 Å². The number of nitrogens with one attached hydrogen (secondary N) is 1. The SMILES string of the molecule is Cl.Clc1cccc(NCCBr)c1. The van der Waals surface area contributed by atoms with Crippen LogP contribution in [0.2, 0.25) is 5.02 Å². The van der Waals surface area contributed by atoms with Crippen LogP contribution >= 0.6 is 39.9 Å². The van der Waals surface area contributed by atoms with Crippen molar-refractivity contribution in [2.24, 2.45) is 0 Å². The fourth-order valence-electron chi connectivity index (χ4n) is 0.790. The predicted molar refractivity (Wildman–Crippen MR) is 61.0 cm³/mol. The monoisotopic (exact) mass is 269 g/mol. The number of rotatable bonds is 3. The Bertz CT molecular complexity index is 230. The Kier molecular flexibility index (Phi) is 6.62. The Morgan fingerprint density at radius 1 is 1.42 bits per heavy atom. The van der Waals surface area contributed by atoms with E-state index in [1.54, 1.807) is 0 Å². The zero-order valence-corrected chi connectivity index (χ0v) is 9.55. The van der Waals surface area contributed by atoms with E-state index in [0.29, 0.717) is 0 Å². The standard InChI is InChI=1S/C8H9BrClN.ClH/c9-4-5-11-8-3-1-2-7(10)6-8;/h1-3,6,11H,4-5H2;1H. The molecule has 0 aliphatic heterocycles. The van der Waals surface area contributed by atoms with Crippen LogP contribution in [-0.2, 0) is 0 Å². The van der Waals surface area contributed by atoms with E-state index in [9.17, 15) is 0 Å². The predicted octanol–water partition coefficient (Wildman–Crippen LogP) is 3.57. The topological polar surface area (TPSA) is 12.0 Å². The molecule has 0 amide bonds. The average molecular weight is 271 g/mol. The van der Waals surface area contributed by atoms with Crippen molar-refractivity contribution in [1.82, 2.24) is 0 Å². The van der Waals surface area contributed by atoms with Crippen molar-refractivity contribution in [2.45, 2.75) is 0 Å². The highest BCUT2D eigenvalue weighted by Crippen LogP contribution is 2.14. The molecule has 0 aliphatic rings. The van der Waals surface area contributed by atoms with E-state index in [1.807, 2.05) is 24.3 Å². The number of alkyl halides is 1.